The van der Waals surface area contributed by atoms with Gasteiger partial charge in [-0.3, -0.25) is 4.98 Å². The normalized spacial score (nSPS) is 14.8. The van der Waals surface area contributed by atoms with E-state index in [1.807, 2.05) is 72.8 Å². The average Bonchev–Trinajstić information content (AvgIpc) is 2.91. The molecule has 136 valence electrons. The number of para-hydroxylation sites is 2. The summed E-state index contributed by atoms with van der Waals surface area (Å²) >= 11 is 0. The zero-order valence-corrected chi connectivity index (χ0v) is 14.9. The lowest BCUT2D eigenvalue weighted by atomic mass is 9.97. The summed E-state index contributed by atoms with van der Waals surface area (Å²) in [5, 5.41) is 6.91. The molecule has 6 heteroatoms. The molecule has 0 amide bonds. The summed E-state index contributed by atoms with van der Waals surface area (Å²) in [6.45, 7) is 0. The number of rotatable bonds is 2. The summed E-state index contributed by atoms with van der Waals surface area (Å²) < 4.78 is 0. The fourth-order valence-electron chi connectivity index (χ4n) is 3.53. The van der Waals surface area contributed by atoms with Gasteiger partial charge in [0.2, 0.25) is 0 Å². The maximum absolute atomic E-state index is 12.4. The smallest absolute Gasteiger partial charge is 0.347 e. The Balaban J connectivity index is 1.81. The molecule has 0 aliphatic carbocycles. The maximum atomic E-state index is 12.4. The van der Waals surface area contributed by atoms with Gasteiger partial charge in [0.05, 0.1) is 28.8 Å². The molecule has 6 nitrogen and oxygen atoms in total. The van der Waals surface area contributed by atoms with Crippen molar-refractivity contribution < 1.29 is 0 Å². The highest BCUT2D eigenvalue weighted by Crippen LogP contribution is 2.41. The van der Waals surface area contributed by atoms with Crippen molar-refractivity contribution in [2.75, 3.05) is 10.6 Å². The predicted molar refractivity (Wildman–Crippen MR) is 110 cm³/mol. The molecular formula is C22H17N5O. The van der Waals surface area contributed by atoms with Gasteiger partial charge in [-0.25, -0.2) is 4.79 Å². The molecule has 0 saturated heterocycles. The lowest BCUT2D eigenvalue weighted by Crippen LogP contribution is -2.20. The second-order valence-corrected chi connectivity index (χ2v) is 6.55. The van der Waals surface area contributed by atoms with Gasteiger partial charge in [0.25, 0.3) is 0 Å². The number of fused-ring (bicyclic) bond motifs is 2. The summed E-state index contributed by atoms with van der Waals surface area (Å²) in [7, 11) is 0. The first kappa shape index (κ1) is 16.3. The summed E-state index contributed by atoms with van der Waals surface area (Å²) in [5.41, 5.74) is 4.70. The molecule has 2 aromatic heterocycles. The minimum Gasteiger partial charge on any atom is -0.371 e. The minimum atomic E-state index is -0.399. The summed E-state index contributed by atoms with van der Waals surface area (Å²) in [6, 6.07) is 23.2. The summed E-state index contributed by atoms with van der Waals surface area (Å²) in [6.07, 6.45) is 1.77. The highest BCUT2D eigenvalue weighted by molar-refractivity contribution is 5.82. The summed E-state index contributed by atoms with van der Waals surface area (Å²) in [4.78, 5) is 24.1. The molecular weight excluding hydrogens is 350 g/mol. The number of aromatic amines is 1. The van der Waals surface area contributed by atoms with Gasteiger partial charge in [0.15, 0.2) is 0 Å². The van der Waals surface area contributed by atoms with E-state index in [2.05, 4.69) is 25.6 Å². The van der Waals surface area contributed by atoms with Gasteiger partial charge < -0.3 is 15.6 Å². The van der Waals surface area contributed by atoms with Crippen LogP contribution < -0.4 is 16.3 Å². The predicted octanol–water partition coefficient (Wildman–Crippen LogP) is 4.09. The molecule has 0 spiro atoms. The number of benzene rings is 2. The van der Waals surface area contributed by atoms with Crippen molar-refractivity contribution >= 4 is 17.2 Å². The zero-order valence-electron chi connectivity index (χ0n) is 14.9. The SMILES string of the molecule is O=c1nc2c(c(-c3ccccc3)[nH]1)C(c1ccccn1)Nc1ccccc1N2. The highest BCUT2D eigenvalue weighted by Gasteiger charge is 2.28. The van der Waals surface area contributed by atoms with Crippen molar-refractivity contribution in [2.45, 2.75) is 6.04 Å². The first-order valence-corrected chi connectivity index (χ1v) is 9.03. The van der Waals surface area contributed by atoms with Crippen LogP contribution in [0.25, 0.3) is 11.3 Å². The standard InChI is InChI=1S/C22H17N5O/c28-22-26-19(14-8-2-1-3-9-14)18-20(17-12-6-7-13-23-17)24-15-10-4-5-11-16(15)25-21(18)27-22/h1-13,20,24H,(H2,25,26,27,28). The Morgan fingerprint density at radius 1 is 0.821 bits per heavy atom. The van der Waals surface area contributed by atoms with Crippen LogP contribution in [0.5, 0.6) is 0 Å². The van der Waals surface area contributed by atoms with Crippen LogP contribution in [-0.2, 0) is 0 Å². The Labute approximate surface area is 161 Å². The number of pyridine rings is 1. The van der Waals surface area contributed by atoms with E-state index < -0.39 is 5.69 Å². The van der Waals surface area contributed by atoms with Gasteiger partial charge in [-0.2, -0.15) is 4.98 Å². The van der Waals surface area contributed by atoms with Crippen LogP contribution in [0.4, 0.5) is 17.2 Å². The van der Waals surface area contributed by atoms with E-state index in [-0.39, 0.29) is 6.04 Å². The van der Waals surface area contributed by atoms with Crippen LogP contribution in [0.15, 0.2) is 83.8 Å². The van der Waals surface area contributed by atoms with Crippen molar-refractivity contribution in [2.24, 2.45) is 0 Å². The van der Waals surface area contributed by atoms with Crippen molar-refractivity contribution in [3.8, 4) is 11.3 Å². The molecule has 0 radical (unpaired) electrons. The van der Waals surface area contributed by atoms with E-state index in [4.69, 9.17) is 0 Å². The molecule has 4 aromatic rings. The van der Waals surface area contributed by atoms with Gasteiger partial charge in [-0.05, 0) is 29.8 Å². The zero-order chi connectivity index (χ0) is 18.9. The average molecular weight is 367 g/mol. The Morgan fingerprint density at radius 2 is 1.57 bits per heavy atom. The van der Waals surface area contributed by atoms with Gasteiger partial charge in [-0.15, -0.1) is 0 Å². The molecule has 3 heterocycles. The molecule has 0 fully saturated rings. The first-order valence-electron chi connectivity index (χ1n) is 9.03. The second-order valence-electron chi connectivity index (χ2n) is 6.55. The van der Waals surface area contributed by atoms with Crippen molar-refractivity contribution in [1.82, 2.24) is 15.0 Å². The molecule has 3 N–H and O–H groups in total. The number of hydrogen-bond acceptors (Lipinski definition) is 5. The molecule has 28 heavy (non-hydrogen) atoms. The fraction of sp³-hybridized carbons (Fsp3) is 0.0455. The van der Waals surface area contributed by atoms with Crippen LogP contribution in [0, 0.1) is 0 Å². The van der Waals surface area contributed by atoms with Crippen molar-refractivity contribution in [1.29, 1.82) is 0 Å². The number of H-pyrrole nitrogens is 1. The van der Waals surface area contributed by atoms with Gasteiger partial charge in [0.1, 0.15) is 5.82 Å². The van der Waals surface area contributed by atoms with Gasteiger partial charge >= 0.3 is 5.69 Å². The molecule has 1 atom stereocenters. The quantitative estimate of drug-likeness (QED) is 0.497. The number of aromatic nitrogens is 3. The monoisotopic (exact) mass is 367 g/mol. The molecule has 5 rings (SSSR count). The van der Waals surface area contributed by atoms with Crippen LogP contribution in [0.1, 0.15) is 17.3 Å². The largest absolute Gasteiger partial charge is 0.371 e. The van der Waals surface area contributed by atoms with E-state index in [1.165, 1.54) is 0 Å². The molecule has 2 aromatic carbocycles. The van der Waals surface area contributed by atoms with Crippen LogP contribution in [-0.4, -0.2) is 15.0 Å². The minimum absolute atomic E-state index is 0.285. The second kappa shape index (κ2) is 6.66. The number of hydrogen-bond donors (Lipinski definition) is 3. The van der Waals surface area contributed by atoms with Crippen molar-refractivity contribution in [3.05, 3.63) is 101 Å². The van der Waals surface area contributed by atoms with Gasteiger partial charge in [0, 0.05) is 11.8 Å². The number of nitrogens with one attached hydrogen (secondary N) is 3. The van der Waals surface area contributed by atoms with E-state index in [1.54, 1.807) is 6.20 Å². The lowest BCUT2D eigenvalue weighted by Gasteiger charge is -2.21. The molecule has 1 aliphatic heterocycles. The number of anilines is 3. The van der Waals surface area contributed by atoms with E-state index in [0.717, 1.165) is 33.9 Å². The van der Waals surface area contributed by atoms with E-state index >= 15 is 0 Å². The molecule has 1 aliphatic rings. The molecule has 0 bridgehead atoms. The third kappa shape index (κ3) is 2.81. The van der Waals surface area contributed by atoms with Gasteiger partial charge in [-0.1, -0.05) is 48.5 Å². The van der Waals surface area contributed by atoms with Crippen molar-refractivity contribution in [3.63, 3.8) is 0 Å². The molecule has 0 saturated carbocycles. The Hall–Kier alpha value is -3.93. The van der Waals surface area contributed by atoms with E-state index in [9.17, 15) is 4.79 Å². The Bertz CT molecular complexity index is 1190. The first-order chi connectivity index (χ1) is 13.8. The van der Waals surface area contributed by atoms with Crippen LogP contribution >= 0.6 is 0 Å². The highest BCUT2D eigenvalue weighted by atomic mass is 16.1. The third-order valence-electron chi connectivity index (χ3n) is 4.78. The Morgan fingerprint density at radius 3 is 2.36 bits per heavy atom. The van der Waals surface area contributed by atoms with Crippen LogP contribution in [0.2, 0.25) is 0 Å². The number of nitrogens with zero attached hydrogens (tertiary/aromatic N) is 2. The summed E-state index contributed by atoms with van der Waals surface area (Å²) in [5.74, 6) is 0.524. The topological polar surface area (TPSA) is 82.7 Å². The molecule has 1 unspecified atom stereocenters. The maximum Gasteiger partial charge on any atom is 0.347 e. The van der Waals surface area contributed by atoms with Crippen LogP contribution in [0.3, 0.4) is 0 Å². The Kier molecular flexibility index (Phi) is 3.87. The third-order valence-corrected chi connectivity index (χ3v) is 4.78. The lowest BCUT2D eigenvalue weighted by molar-refractivity contribution is 0.874. The fourth-order valence-corrected chi connectivity index (χ4v) is 3.53. The van der Waals surface area contributed by atoms with E-state index in [0.29, 0.717) is 5.82 Å².